The van der Waals surface area contributed by atoms with E-state index in [1.165, 1.54) is 17.8 Å². The van der Waals surface area contributed by atoms with E-state index in [0.29, 0.717) is 4.90 Å². The summed E-state index contributed by atoms with van der Waals surface area (Å²) in [6, 6.07) is 12.8. The Morgan fingerprint density at radius 3 is 2.50 bits per heavy atom. The fourth-order valence-electron chi connectivity index (χ4n) is 1.53. The monoisotopic (exact) mass is 325 g/mol. The molecule has 2 aromatic rings. The van der Waals surface area contributed by atoms with Crippen LogP contribution in [0.1, 0.15) is 18.5 Å². The maximum absolute atomic E-state index is 13.9. The highest BCUT2D eigenvalue weighted by molar-refractivity contribution is 9.10. The molecule has 1 atom stereocenters. The van der Waals surface area contributed by atoms with Gasteiger partial charge in [-0.2, -0.15) is 0 Å². The van der Waals surface area contributed by atoms with Crippen LogP contribution < -0.4 is 5.73 Å². The van der Waals surface area contributed by atoms with E-state index in [2.05, 4.69) is 15.9 Å². The summed E-state index contributed by atoms with van der Waals surface area (Å²) in [7, 11) is 0. The normalized spacial score (nSPS) is 12.4. The smallest absolute Gasteiger partial charge is 0.137 e. The van der Waals surface area contributed by atoms with Crippen LogP contribution in [0.25, 0.3) is 0 Å². The zero-order valence-corrected chi connectivity index (χ0v) is 12.3. The first-order valence-corrected chi connectivity index (χ1v) is 7.16. The molecule has 2 rings (SSSR count). The van der Waals surface area contributed by atoms with Crippen LogP contribution in [0, 0.1) is 5.82 Å². The highest BCUT2D eigenvalue weighted by atomic mass is 79.9. The Bertz CT molecular complexity index is 557. The molecular formula is C14H13BrFNS. The van der Waals surface area contributed by atoms with Gasteiger partial charge < -0.3 is 5.73 Å². The number of halogens is 2. The topological polar surface area (TPSA) is 26.0 Å². The van der Waals surface area contributed by atoms with Crippen LogP contribution in [0.15, 0.2) is 56.7 Å². The Morgan fingerprint density at radius 1 is 1.17 bits per heavy atom. The van der Waals surface area contributed by atoms with E-state index in [1.807, 2.05) is 37.3 Å². The highest BCUT2D eigenvalue weighted by Crippen LogP contribution is 2.35. The summed E-state index contributed by atoms with van der Waals surface area (Å²) in [5.41, 5.74) is 6.54. The van der Waals surface area contributed by atoms with Crippen molar-refractivity contribution in [2.75, 3.05) is 0 Å². The van der Waals surface area contributed by atoms with Gasteiger partial charge in [-0.15, -0.1) is 0 Å². The van der Waals surface area contributed by atoms with Crippen LogP contribution in [0.3, 0.4) is 0 Å². The lowest BCUT2D eigenvalue weighted by atomic mass is 10.1. The van der Waals surface area contributed by atoms with Crippen LogP contribution in [-0.4, -0.2) is 0 Å². The first-order valence-electron chi connectivity index (χ1n) is 5.55. The van der Waals surface area contributed by atoms with Crippen LogP contribution in [-0.2, 0) is 0 Å². The molecule has 0 unspecified atom stereocenters. The van der Waals surface area contributed by atoms with Crippen molar-refractivity contribution < 1.29 is 4.39 Å². The van der Waals surface area contributed by atoms with Crippen LogP contribution >= 0.6 is 27.7 Å². The average molecular weight is 326 g/mol. The molecule has 2 aromatic carbocycles. The van der Waals surface area contributed by atoms with E-state index in [1.54, 1.807) is 6.07 Å². The Balaban J connectivity index is 2.28. The van der Waals surface area contributed by atoms with Crippen molar-refractivity contribution in [2.24, 2.45) is 5.73 Å². The Morgan fingerprint density at radius 2 is 1.89 bits per heavy atom. The van der Waals surface area contributed by atoms with Gasteiger partial charge in [-0.25, -0.2) is 4.39 Å². The van der Waals surface area contributed by atoms with Crippen molar-refractivity contribution in [1.82, 2.24) is 0 Å². The molecule has 0 radical (unpaired) electrons. The predicted molar refractivity (Wildman–Crippen MR) is 77.3 cm³/mol. The third-order valence-electron chi connectivity index (χ3n) is 2.54. The minimum atomic E-state index is -0.231. The standard InChI is InChI=1S/C14H13BrFNS/c1-9(17)10-6-7-14(12(16)8-10)18-13-5-3-2-4-11(13)15/h2-9H,17H2,1H3/t9-/m1/s1. The lowest BCUT2D eigenvalue weighted by Crippen LogP contribution is -2.05. The molecule has 18 heavy (non-hydrogen) atoms. The molecule has 0 saturated heterocycles. The fraction of sp³-hybridized carbons (Fsp3) is 0.143. The molecule has 0 saturated carbocycles. The van der Waals surface area contributed by atoms with E-state index in [9.17, 15) is 4.39 Å². The molecule has 2 N–H and O–H groups in total. The van der Waals surface area contributed by atoms with Crippen molar-refractivity contribution in [3.05, 3.63) is 58.3 Å². The van der Waals surface area contributed by atoms with Crippen molar-refractivity contribution in [1.29, 1.82) is 0 Å². The Kier molecular flexibility index (Phi) is 4.43. The second-order valence-electron chi connectivity index (χ2n) is 4.01. The molecule has 0 aliphatic carbocycles. The summed E-state index contributed by atoms with van der Waals surface area (Å²) >= 11 is 4.85. The van der Waals surface area contributed by atoms with Crippen molar-refractivity contribution in [3.63, 3.8) is 0 Å². The van der Waals surface area contributed by atoms with Gasteiger partial charge in [0.15, 0.2) is 0 Å². The predicted octanol–water partition coefficient (Wildman–Crippen LogP) is 4.76. The molecule has 0 aromatic heterocycles. The van der Waals surface area contributed by atoms with Gasteiger partial charge in [0, 0.05) is 20.3 Å². The molecule has 0 fully saturated rings. The van der Waals surface area contributed by atoms with Crippen LogP contribution in [0.4, 0.5) is 4.39 Å². The molecule has 0 aliphatic heterocycles. The quantitative estimate of drug-likeness (QED) is 0.880. The zero-order valence-electron chi connectivity index (χ0n) is 9.86. The maximum Gasteiger partial charge on any atom is 0.137 e. The summed E-state index contributed by atoms with van der Waals surface area (Å²) in [4.78, 5) is 1.59. The van der Waals surface area contributed by atoms with Crippen molar-refractivity contribution >= 4 is 27.7 Å². The lowest BCUT2D eigenvalue weighted by molar-refractivity contribution is 0.596. The molecule has 0 bridgehead atoms. The second-order valence-corrected chi connectivity index (χ2v) is 5.95. The summed E-state index contributed by atoms with van der Waals surface area (Å²) in [6.07, 6.45) is 0. The summed E-state index contributed by atoms with van der Waals surface area (Å²) in [6.45, 7) is 1.84. The number of benzene rings is 2. The maximum atomic E-state index is 13.9. The molecule has 0 aliphatic rings. The summed E-state index contributed by atoms with van der Waals surface area (Å²) < 4.78 is 14.9. The molecule has 0 spiro atoms. The van der Waals surface area contributed by atoms with E-state index in [-0.39, 0.29) is 11.9 Å². The van der Waals surface area contributed by atoms with Gasteiger partial charge in [0.05, 0.1) is 0 Å². The molecule has 94 valence electrons. The van der Waals surface area contributed by atoms with Crippen molar-refractivity contribution in [3.8, 4) is 0 Å². The SMILES string of the molecule is C[C@@H](N)c1ccc(Sc2ccccc2Br)c(F)c1. The molecular weight excluding hydrogens is 313 g/mol. The lowest BCUT2D eigenvalue weighted by Gasteiger charge is -2.09. The van der Waals surface area contributed by atoms with E-state index < -0.39 is 0 Å². The highest BCUT2D eigenvalue weighted by Gasteiger charge is 2.09. The molecule has 0 heterocycles. The number of hydrogen-bond donors (Lipinski definition) is 1. The van der Waals surface area contributed by atoms with E-state index in [4.69, 9.17) is 5.73 Å². The Hall–Kier alpha value is -0.840. The van der Waals surface area contributed by atoms with Gasteiger partial charge in [0.2, 0.25) is 0 Å². The first-order chi connectivity index (χ1) is 8.58. The average Bonchev–Trinajstić information content (AvgIpc) is 2.34. The van der Waals surface area contributed by atoms with Gasteiger partial charge in [-0.1, -0.05) is 30.0 Å². The minimum absolute atomic E-state index is 0.151. The Labute approximate surface area is 119 Å². The van der Waals surface area contributed by atoms with Gasteiger partial charge in [-0.05, 0) is 52.7 Å². The molecule has 1 nitrogen and oxygen atoms in total. The number of nitrogens with two attached hydrogens (primary N) is 1. The molecule has 0 amide bonds. The van der Waals surface area contributed by atoms with E-state index in [0.717, 1.165) is 14.9 Å². The largest absolute Gasteiger partial charge is 0.324 e. The first kappa shape index (κ1) is 13.6. The zero-order chi connectivity index (χ0) is 13.1. The fourth-order valence-corrected chi connectivity index (χ4v) is 2.90. The molecule has 4 heteroatoms. The van der Waals surface area contributed by atoms with Crippen molar-refractivity contribution in [2.45, 2.75) is 22.8 Å². The summed E-state index contributed by atoms with van der Waals surface area (Å²) in [5, 5.41) is 0. The van der Waals surface area contributed by atoms with Gasteiger partial charge >= 0.3 is 0 Å². The second kappa shape index (κ2) is 5.87. The summed E-state index contributed by atoms with van der Waals surface area (Å²) in [5.74, 6) is -0.231. The van der Waals surface area contributed by atoms with Crippen LogP contribution in [0.2, 0.25) is 0 Å². The van der Waals surface area contributed by atoms with Gasteiger partial charge in [0.1, 0.15) is 5.82 Å². The van der Waals surface area contributed by atoms with Gasteiger partial charge in [-0.3, -0.25) is 0 Å². The minimum Gasteiger partial charge on any atom is -0.324 e. The third-order valence-corrected chi connectivity index (χ3v) is 4.62. The third kappa shape index (κ3) is 3.13. The van der Waals surface area contributed by atoms with Gasteiger partial charge in [0.25, 0.3) is 0 Å². The number of rotatable bonds is 3. The van der Waals surface area contributed by atoms with Crippen LogP contribution in [0.5, 0.6) is 0 Å². The van der Waals surface area contributed by atoms with E-state index >= 15 is 0 Å². The number of hydrogen-bond acceptors (Lipinski definition) is 2.